The highest BCUT2D eigenvalue weighted by Gasteiger charge is 2.70. The third-order valence-corrected chi connectivity index (χ3v) is 13.4. The highest BCUT2D eigenvalue weighted by atomic mass is 28.4. The van der Waals surface area contributed by atoms with Crippen molar-refractivity contribution in [2.75, 3.05) is 13.2 Å². The molecule has 1 aliphatic heterocycles. The first kappa shape index (κ1) is 24.5. The van der Waals surface area contributed by atoms with Crippen LogP contribution >= 0.6 is 0 Å². The Hall–Kier alpha value is -1.18. The molecule has 2 aliphatic carbocycles. The molecule has 0 aromatic carbocycles. The monoisotopic (exact) mass is 452 g/mol. The maximum Gasteiger partial charge on any atom is 0.312 e. The van der Waals surface area contributed by atoms with Crippen molar-refractivity contribution >= 4 is 20.3 Å². The summed E-state index contributed by atoms with van der Waals surface area (Å²) in [6.07, 6.45) is 3.66. The molecular weight excluding hydrogens is 412 g/mol. The van der Waals surface area contributed by atoms with Crippen molar-refractivity contribution in [3.05, 3.63) is 11.6 Å². The largest absolute Gasteiger partial charge is 0.466 e. The zero-order chi connectivity index (χ0) is 23.1. The lowest BCUT2D eigenvalue weighted by atomic mass is 9.46. The first-order valence-corrected chi connectivity index (χ1v) is 14.5. The van der Waals surface area contributed by atoms with Crippen LogP contribution in [-0.2, 0) is 23.5 Å². The Morgan fingerprint density at radius 3 is 2.42 bits per heavy atom. The lowest BCUT2D eigenvalue weighted by Gasteiger charge is -2.58. The van der Waals surface area contributed by atoms with E-state index in [2.05, 4.69) is 20.8 Å². The first-order chi connectivity index (χ1) is 14.6. The summed E-state index contributed by atoms with van der Waals surface area (Å²) in [5.74, 6) is -0.780. The number of rotatable bonds is 9. The molecule has 1 N–H and O–H groups in total. The van der Waals surface area contributed by atoms with Gasteiger partial charge in [0.15, 0.2) is 8.32 Å². The van der Waals surface area contributed by atoms with E-state index in [0.717, 1.165) is 37.4 Å². The predicted molar refractivity (Wildman–Crippen MR) is 121 cm³/mol. The maximum atomic E-state index is 12.9. The fourth-order valence-electron chi connectivity index (χ4n) is 6.61. The molecule has 0 aromatic heterocycles. The quantitative estimate of drug-likeness (QED) is 0.318. The second kappa shape index (κ2) is 8.63. The Morgan fingerprint density at radius 1 is 1.19 bits per heavy atom. The van der Waals surface area contributed by atoms with E-state index in [-0.39, 0.29) is 37.6 Å². The third-order valence-electron chi connectivity index (χ3n) is 8.82. The van der Waals surface area contributed by atoms with Crippen molar-refractivity contribution in [1.82, 2.24) is 0 Å². The smallest absolute Gasteiger partial charge is 0.312 e. The minimum absolute atomic E-state index is 0.126. The summed E-state index contributed by atoms with van der Waals surface area (Å²) in [6.45, 7) is 12.8. The number of carbonyl (C=O) groups is 2. The SMILES string of the molecule is CCOC(=O)C[C@]1(O)C(CO[Si](CC)(CC)CC)=C[C@H]2OC(=O)[C@@]3(C)CCC[C@@]1(C)[C@@H]23. The Labute approximate surface area is 187 Å². The molecule has 2 fully saturated rings. The molecule has 3 rings (SSSR count). The van der Waals surface area contributed by atoms with Crippen molar-refractivity contribution in [3.63, 3.8) is 0 Å². The molecule has 1 saturated carbocycles. The van der Waals surface area contributed by atoms with Gasteiger partial charge in [-0.2, -0.15) is 0 Å². The summed E-state index contributed by atoms with van der Waals surface area (Å²) < 4.78 is 17.7. The molecule has 0 unspecified atom stereocenters. The first-order valence-electron chi connectivity index (χ1n) is 12.0. The van der Waals surface area contributed by atoms with E-state index in [1.165, 1.54) is 0 Å². The van der Waals surface area contributed by atoms with Crippen LogP contribution in [0.15, 0.2) is 11.6 Å². The molecule has 0 radical (unpaired) electrons. The highest BCUT2D eigenvalue weighted by molar-refractivity contribution is 6.73. The van der Waals surface area contributed by atoms with E-state index in [4.69, 9.17) is 13.9 Å². The van der Waals surface area contributed by atoms with Gasteiger partial charge >= 0.3 is 11.9 Å². The second-order valence-corrected chi connectivity index (χ2v) is 14.9. The normalized spacial score (nSPS) is 37.1. The lowest BCUT2D eigenvalue weighted by Crippen LogP contribution is -2.63. The fourth-order valence-corrected chi connectivity index (χ4v) is 9.18. The van der Waals surface area contributed by atoms with E-state index in [1.807, 2.05) is 19.9 Å². The standard InChI is InChI=1S/C24H40O6Si/c1-7-28-19(25)15-24(27)17(16-29-31(8-2,9-3)10-4)14-18-20-22(5,21(26)30-18)12-11-13-23(20,24)6/h14,18,20,27H,7-13,15-16H2,1-6H3/t18-,20+,22+,23+,24+/m1/s1. The molecule has 6 nitrogen and oxygen atoms in total. The van der Waals surface area contributed by atoms with Crippen LogP contribution in [0.5, 0.6) is 0 Å². The molecule has 0 amide bonds. The second-order valence-electron chi connectivity index (χ2n) is 10.1. The van der Waals surface area contributed by atoms with Gasteiger partial charge in [-0.25, -0.2) is 0 Å². The van der Waals surface area contributed by atoms with E-state index >= 15 is 0 Å². The summed E-state index contributed by atoms with van der Waals surface area (Å²) in [4.78, 5) is 25.5. The maximum absolute atomic E-state index is 12.9. The Balaban J connectivity index is 2.05. The average molecular weight is 453 g/mol. The molecule has 3 aliphatic rings. The van der Waals surface area contributed by atoms with Gasteiger partial charge in [-0.05, 0) is 56.5 Å². The molecule has 1 heterocycles. The minimum Gasteiger partial charge on any atom is -0.466 e. The van der Waals surface area contributed by atoms with Gasteiger partial charge in [-0.1, -0.05) is 34.1 Å². The number of carbonyl (C=O) groups excluding carboxylic acids is 2. The van der Waals surface area contributed by atoms with Crippen LogP contribution in [0.3, 0.4) is 0 Å². The molecular formula is C24H40O6Si. The lowest BCUT2D eigenvalue weighted by molar-refractivity contribution is -0.171. The van der Waals surface area contributed by atoms with Crippen LogP contribution in [-0.4, -0.2) is 50.3 Å². The fraction of sp³-hybridized carbons (Fsp3) is 0.833. The molecule has 5 atom stereocenters. The van der Waals surface area contributed by atoms with Crippen LogP contribution in [0, 0.1) is 16.7 Å². The molecule has 0 spiro atoms. The van der Waals surface area contributed by atoms with E-state index in [0.29, 0.717) is 5.57 Å². The summed E-state index contributed by atoms with van der Waals surface area (Å²) in [5, 5.41) is 12.3. The van der Waals surface area contributed by atoms with Gasteiger partial charge in [0.05, 0.1) is 25.0 Å². The molecule has 0 bridgehead atoms. The zero-order valence-electron chi connectivity index (χ0n) is 20.1. The number of hydrogen-bond donors (Lipinski definition) is 1. The van der Waals surface area contributed by atoms with Crippen LogP contribution in [0.25, 0.3) is 0 Å². The van der Waals surface area contributed by atoms with Crippen molar-refractivity contribution in [1.29, 1.82) is 0 Å². The van der Waals surface area contributed by atoms with E-state index in [1.54, 1.807) is 6.92 Å². The van der Waals surface area contributed by atoms with Gasteiger partial charge in [0.25, 0.3) is 0 Å². The molecule has 0 aromatic rings. The van der Waals surface area contributed by atoms with Crippen LogP contribution in [0.1, 0.15) is 67.2 Å². The van der Waals surface area contributed by atoms with E-state index in [9.17, 15) is 14.7 Å². The summed E-state index contributed by atoms with van der Waals surface area (Å²) in [6, 6.07) is 3.00. The van der Waals surface area contributed by atoms with Crippen molar-refractivity contribution < 1.29 is 28.6 Å². The highest BCUT2D eigenvalue weighted by Crippen LogP contribution is 2.65. The predicted octanol–water partition coefficient (Wildman–Crippen LogP) is 4.37. The summed E-state index contributed by atoms with van der Waals surface area (Å²) in [7, 11) is -1.91. The summed E-state index contributed by atoms with van der Waals surface area (Å²) >= 11 is 0. The Morgan fingerprint density at radius 2 is 1.84 bits per heavy atom. The number of ether oxygens (including phenoxy) is 2. The molecule has 7 heteroatoms. The van der Waals surface area contributed by atoms with Crippen LogP contribution in [0.4, 0.5) is 0 Å². The van der Waals surface area contributed by atoms with Gasteiger partial charge in [0.2, 0.25) is 0 Å². The van der Waals surface area contributed by atoms with Gasteiger partial charge in [0, 0.05) is 11.3 Å². The number of esters is 2. The topological polar surface area (TPSA) is 82.1 Å². The van der Waals surface area contributed by atoms with Gasteiger partial charge in [-0.3, -0.25) is 9.59 Å². The number of hydrogen-bond acceptors (Lipinski definition) is 6. The summed E-state index contributed by atoms with van der Waals surface area (Å²) in [5.41, 5.74) is -2.06. The van der Waals surface area contributed by atoms with Gasteiger partial charge in [0.1, 0.15) is 11.7 Å². The van der Waals surface area contributed by atoms with Crippen molar-refractivity contribution in [3.8, 4) is 0 Å². The number of aliphatic hydroxyl groups is 1. The van der Waals surface area contributed by atoms with E-state index < -0.39 is 30.7 Å². The third kappa shape index (κ3) is 3.70. The van der Waals surface area contributed by atoms with Gasteiger partial charge < -0.3 is 19.0 Å². The van der Waals surface area contributed by atoms with Crippen molar-refractivity contribution in [2.24, 2.45) is 16.7 Å². The Bertz CT molecular complexity index is 738. The molecule has 1 saturated heterocycles. The molecule has 31 heavy (non-hydrogen) atoms. The minimum atomic E-state index is -1.91. The Kier molecular flexibility index (Phi) is 6.81. The zero-order valence-corrected chi connectivity index (χ0v) is 21.1. The van der Waals surface area contributed by atoms with Gasteiger partial charge in [-0.15, -0.1) is 0 Å². The molecule has 176 valence electrons. The van der Waals surface area contributed by atoms with Crippen LogP contribution < -0.4 is 0 Å². The van der Waals surface area contributed by atoms with Crippen LogP contribution in [0.2, 0.25) is 18.1 Å². The average Bonchev–Trinajstić information content (AvgIpc) is 2.98. The van der Waals surface area contributed by atoms with Crippen molar-refractivity contribution in [2.45, 2.75) is 97.1 Å².